The predicted molar refractivity (Wildman–Crippen MR) is 80.5 cm³/mol. The van der Waals surface area contributed by atoms with Gasteiger partial charge in [-0.2, -0.15) is 24.3 Å². The Morgan fingerprint density at radius 3 is 2.70 bits per heavy atom. The van der Waals surface area contributed by atoms with Crippen LogP contribution in [0.15, 0.2) is 42.5 Å². The fourth-order valence-electron chi connectivity index (χ4n) is 3.26. The molecule has 0 heterocycles. The maximum atomic E-state index is 3.20. The number of hydrogen-bond acceptors (Lipinski definition) is 0. The molecule has 0 aliphatic heterocycles. The van der Waals surface area contributed by atoms with Crippen LogP contribution >= 0.6 is 0 Å². The second-order valence-corrected chi connectivity index (χ2v) is 5.51. The molecular formula is C19H15Re-. The zero-order chi connectivity index (χ0) is 13.0. The van der Waals surface area contributed by atoms with Crippen molar-refractivity contribution in [2.75, 3.05) is 0 Å². The summed E-state index contributed by atoms with van der Waals surface area (Å²) in [5.74, 6) is 0. The van der Waals surface area contributed by atoms with Crippen LogP contribution in [0.5, 0.6) is 0 Å². The first kappa shape index (κ1) is 13.6. The standard InChI is InChI=1S/C19H15.Re/c1-12-7-8-15-11-19-16-6-4-3-5-14(16)10-18(19)13(2)17(15)9-12;/h4-9,11H,10H2,1-2H3;/q-1;. The van der Waals surface area contributed by atoms with Gasteiger partial charge in [-0.3, -0.25) is 0 Å². The van der Waals surface area contributed by atoms with Crippen LogP contribution in [0.3, 0.4) is 0 Å². The smallest absolute Gasteiger partial charge is 0 e. The molecule has 1 aliphatic rings. The molecule has 0 N–H and O–H groups in total. The second-order valence-electron chi connectivity index (χ2n) is 5.51. The van der Waals surface area contributed by atoms with Crippen LogP contribution in [0.4, 0.5) is 0 Å². The van der Waals surface area contributed by atoms with Gasteiger partial charge in [0.15, 0.2) is 0 Å². The molecule has 0 amide bonds. The molecule has 1 aliphatic carbocycles. The zero-order valence-electron chi connectivity index (χ0n) is 11.6. The van der Waals surface area contributed by atoms with Gasteiger partial charge >= 0.3 is 0 Å². The van der Waals surface area contributed by atoms with Crippen molar-refractivity contribution in [2.24, 2.45) is 0 Å². The number of fused-ring (bicyclic) bond motifs is 4. The summed E-state index contributed by atoms with van der Waals surface area (Å²) in [5.41, 5.74) is 8.48. The van der Waals surface area contributed by atoms with Crippen molar-refractivity contribution in [2.45, 2.75) is 20.3 Å². The van der Waals surface area contributed by atoms with E-state index in [0.717, 1.165) is 6.42 Å². The minimum atomic E-state index is 0. The van der Waals surface area contributed by atoms with Gasteiger partial charge in [0, 0.05) is 20.4 Å². The Hall–Kier alpha value is -1.42. The summed E-state index contributed by atoms with van der Waals surface area (Å²) in [6, 6.07) is 18.6. The van der Waals surface area contributed by atoms with Crippen LogP contribution in [0, 0.1) is 19.9 Å². The van der Waals surface area contributed by atoms with Crippen LogP contribution < -0.4 is 0 Å². The first-order valence-corrected chi connectivity index (χ1v) is 6.76. The van der Waals surface area contributed by atoms with Gasteiger partial charge in [-0.15, -0.1) is 11.1 Å². The van der Waals surface area contributed by atoms with Crippen LogP contribution in [0.25, 0.3) is 21.9 Å². The van der Waals surface area contributed by atoms with Gasteiger partial charge in [0.2, 0.25) is 0 Å². The Bertz CT molecular complexity index is 815. The first-order chi connectivity index (χ1) is 9.24. The molecule has 0 nitrogen and oxygen atoms in total. The van der Waals surface area contributed by atoms with Crippen LogP contribution in [0.2, 0.25) is 0 Å². The number of hydrogen-bond donors (Lipinski definition) is 0. The Kier molecular flexibility index (Phi) is 3.29. The average molecular weight is 430 g/mol. The normalized spacial score (nSPS) is 11.9. The summed E-state index contributed by atoms with van der Waals surface area (Å²) < 4.78 is 0. The summed E-state index contributed by atoms with van der Waals surface area (Å²) in [6.45, 7) is 4.42. The van der Waals surface area contributed by atoms with E-state index in [9.17, 15) is 0 Å². The van der Waals surface area contributed by atoms with Gasteiger partial charge in [-0.1, -0.05) is 23.8 Å². The van der Waals surface area contributed by atoms with Crippen LogP contribution in [-0.2, 0) is 26.8 Å². The minimum absolute atomic E-state index is 0. The minimum Gasteiger partial charge on any atom is -0.183 e. The molecule has 0 atom stereocenters. The molecule has 0 saturated heterocycles. The fourth-order valence-corrected chi connectivity index (χ4v) is 3.26. The van der Waals surface area contributed by atoms with E-state index in [1.165, 1.54) is 44.2 Å². The predicted octanol–water partition coefficient (Wildman–Crippen LogP) is 4.83. The van der Waals surface area contributed by atoms with Gasteiger partial charge in [-0.05, 0) is 53.8 Å². The first-order valence-electron chi connectivity index (χ1n) is 6.76. The Morgan fingerprint density at radius 2 is 1.85 bits per heavy atom. The molecule has 0 unspecified atom stereocenters. The summed E-state index contributed by atoms with van der Waals surface area (Å²) >= 11 is 0. The van der Waals surface area contributed by atoms with Gasteiger partial charge < -0.3 is 0 Å². The molecule has 0 aromatic heterocycles. The molecule has 1 heteroatoms. The van der Waals surface area contributed by atoms with Crippen molar-refractivity contribution in [1.82, 2.24) is 0 Å². The average Bonchev–Trinajstić information content (AvgIpc) is 2.79. The molecular weight excluding hydrogens is 414 g/mol. The van der Waals surface area contributed by atoms with Crippen molar-refractivity contribution in [1.29, 1.82) is 0 Å². The third-order valence-electron chi connectivity index (χ3n) is 4.30. The van der Waals surface area contributed by atoms with E-state index in [-0.39, 0.29) is 20.4 Å². The second kappa shape index (κ2) is 4.85. The SMILES string of the molecule is Cc1ccc2cc3c(c(C)c2c1)Cc1c[c-]ccc1-3.[Re]. The summed E-state index contributed by atoms with van der Waals surface area (Å²) in [6.07, 6.45) is 1.05. The third kappa shape index (κ3) is 1.86. The molecule has 0 spiro atoms. The molecule has 3 aromatic carbocycles. The largest absolute Gasteiger partial charge is 0.183 e. The van der Waals surface area contributed by atoms with Crippen molar-refractivity contribution in [3.8, 4) is 11.1 Å². The van der Waals surface area contributed by atoms with E-state index < -0.39 is 0 Å². The molecule has 0 saturated carbocycles. The molecule has 99 valence electrons. The Balaban J connectivity index is 0.00000121. The van der Waals surface area contributed by atoms with Gasteiger partial charge in [-0.25, -0.2) is 0 Å². The number of aryl methyl sites for hydroxylation is 2. The molecule has 0 fully saturated rings. The van der Waals surface area contributed by atoms with Crippen molar-refractivity contribution < 1.29 is 20.4 Å². The van der Waals surface area contributed by atoms with Crippen LogP contribution in [0.1, 0.15) is 22.3 Å². The number of benzene rings is 3. The van der Waals surface area contributed by atoms with E-state index >= 15 is 0 Å². The molecule has 1 radical (unpaired) electrons. The van der Waals surface area contributed by atoms with Gasteiger partial charge in [0.05, 0.1) is 0 Å². The van der Waals surface area contributed by atoms with E-state index in [4.69, 9.17) is 0 Å². The monoisotopic (exact) mass is 430 g/mol. The van der Waals surface area contributed by atoms with E-state index in [2.05, 4.69) is 56.3 Å². The zero-order valence-corrected chi connectivity index (χ0v) is 14.3. The van der Waals surface area contributed by atoms with Gasteiger partial charge in [0.25, 0.3) is 0 Å². The molecule has 20 heavy (non-hydrogen) atoms. The van der Waals surface area contributed by atoms with Crippen LogP contribution in [-0.4, -0.2) is 0 Å². The molecule has 4 rings (SSSR count). The Labute approximate surface area is 133 Å². The van der Waals surface area contributed by atoms with E-state index in [0.29, 0.717) is 0 Å². The van der Waals surface area contributed by atoms with E-state index in [1.807, 2.05) is 6.07 Å². The summed E-state index contributed by atoms with van der Waals surface area (Å²) in [7, 11) is 0. The maximum Gasteiger partial charge on any atom is 0 e. The van der Waals surface area contributed by atoms with Crippen molar-refractivity contribution in [3.05, 3.63) is 70.8 Å². The quantitative estimate of drug-likeness (QED) is 0.352. The van der Waals surface area contributed by atoms with Crippen molar-refractivity contribution in [3.63, 3.8) is 0 Å². The topological polar surface area (TPSA) is 0 Å². The van der Waals surface area contributed by atoms with Gasteiger partial charge in [0.1, 0.15) is 0 Å². The summed E-state index contributed by atoms with van der Waals surface area (Å²) in [4.78, 5) is 0. The summed E-state index contributed by atoms with van der Waals surface area (Å²) in [5, 5.41) is 2.75. The number of rotatable bonds is 0. The third-order valence-corrected chi connectivity index (χ3v) is 4.30. The molecule has 0 bridgehead atoms. The van der Waals surface area contributed by atoms with Crippen molar-refractivity contribution >= 4 is 10.8 Å². The maximum absolute atomic E-state index is 3.20. The fraction of sp³-hybridized carbons (Fsp3) is 0.158. The molecule has 3 aromatic rings. The Morgan fingerprint density at radius 1 is 1.00 bits per heavy atom. The van der Waals surface area contributed by atoms with E-state index in [1.54, 1.807) is 0 Å².